The third-order valence-corrected chi connectivity index (χ3v) is 2.33. The Hall–Kier alpha value is -1.60. The number of nitrogens with one attached hydrogen (secondary N) is 1. The Kier molecular flexibility index (Phi) is 3.15. The van der Waals surface area contributed by atoms with Crippen LogP contribution in [0.15, 0.2) is 59.9 Å². The average molecular weight is 198 g/mol. The molecule has 0 saturated carbocycles. The van der Waals surface area contributed by atoms with Crippen LogP contribution < -0.4 is 11.1 Å². The van der Waals surface area contributed by atoms with Gasteiger partial charge in [0.05, 0.1) is 6.17 Å². The highest BCUT2D eigenvalue weighted by molar-refractivity contribution is 5.32. The van der Waals surface area contributed by atoms with Gasteiger partial charge >= 0.3 is 0 Å². The monoisotopic (exact) mass is 198 g/mol. The second-order valence-corrected chi connectivity index (χ2v) is 3.47. The standard InChI is InChI=1S/C13H14N2/c14-13(12-8-4-5-9-12)15-10-11-6-2-1-3-7-11/h1-8,13,15H,10,14H2. The van der Waals surface area contributed by atoms with Crippen molar-refractivity contribution >= 4 is 0 Å². The number of hydrogen-bond acceptors (Lipinski definition) is 2. The molecular weight excluding hydrogens is 184 g/mol. The highest BCUT2D eigenvalue weighted by atomic mass is 15.0. The lowest BCUT2D eigenvalue weighted by Crippen LogP contribution is -2.37. The topological polar surface area (TPSA) is 38.0 Å². The van der Waals surface area contributed by atoms with Crippen molar-refractivity contribution < 1.29 is 0 Å². The van der Waals surface area contributed by atoms with Crippen LogP contribution in [0, 0.1) is 0 Å². The van der Waals surface area contributed by atoms with Gasteiger partial charge in [-0.2, -0.15) is 0 Å². The predicted octanol–water partition coefficient (Wildman–Crippen LogP) is 1.71. The quantitative estimate of drug-likeness (QED) is 0.571. The lowest BCUT2D eigenvalue weighted by Gasteiger charge is -2.12. The maximum atomic E-state index is 5.94. The Labute approximate surface area is 89.8 Å². The minimum Gasteiger partial charge on any atom is -0.312 e. The first-order valence-corrected chi connectivity index (χ1v) is 5.02. The van der Waals surface area contributed by atoms with Crippen molar-refractivity contribution in [3.8, 4) is 0 Å². The van der Waals surface area contributed by atoms with E-state index in [0.717, 1.165) is 12.1 Å². The Morgan fingerprint density at radius 1 is 1.27 bits per heavy atom. The molecule has 0 bridgehead atoms. The Balaban J connectivity index is 1.89. The molecule has 0 saturated heterocycles. The third-order valence-electron chi connectivity index (χ3n) is 2.33. The van der Waals surface area contributed by atoms with Gasteiger partial charge in [0.25, 0.3) is 0 Å². The van der Waals surface area contributed by atoms with E-state index in [-0.39, 0.29) is 6.17 Å². The van der Waals surface area contributed by atoms with Gasteiger partial charge < -0.3 is 5.73 Å². The molecule has 0 radical (unpaired) electrons. The van der Waals surface area contributed by atoms with Gasteiger partial charge in [-0.15, -0.1) is 5.73 Å². The Morgan fingerprint density at radius 3 is 2.73 bits per heavy atom. The summed E-state index contributed by atoms with van der Waals surface area (Å²) in [5, 5.41) is 3.25. The maximum Gasteiger partial charge on any atom is 0.0886 e. The minimum absolute atomic E-state index is 0.139. The van der Waals surface area contributed by atoms with Gasteiger partial charge in [-0.3, -0.25) is 5.32 Å². The number of allylic oxidation sites excluding steroid dienone is 1. The van der Waals surface area contributed by atoms with Crippen LogP contribution in [0.5, 0.6) is 0 Å². The summed E-state index contributed by atoms with van der Waals surface area (Å²) >= 11 is 0. The largest absolute Gasteiger partial charge is 0.312 e. The first-order valence-electron chi connectivity index (χ1n) is 5.02. The number of hydrogen-bond donors (Lipinski definition) is 2. The van der Waals surface area contributed by atoms with Crippen LogP contribution >= 0.6 is 0 Å². The molecule has 0 heterocycles. The molecule has 0 spiro atoms. The van der Waals surface area contributed by atoms with Crippen molar-refractivity contribution in [2.75, 3.05) is 0 Å². The fourth-order valence-electron chi connectivity index (χ4n) is 1.47. The molecule has 2 rings (SSSR count). The van der Waals surface area contributed by atoms with Crippen molar-refractivity contribution in [3.63, 3.8) is 0 Å². The summed E-state index contributed by atoms with van der Waals surface area (Å²) in [5.74, 6) is 0. The highest BCUT2D eigenvalue weighted by Crippen LogP contribution is 2.05. The van der Waals surface area contributed by atoms with Gasteiger partial charge in [0.1, 0.15) is 0 Å². The summed E-state index contributed by atoms with van der Waals surface area (Å²) in [7, 11) is 0. The van der Waals surface area contributed by atoms with E-state index >= 15 is 0 Å². The second kappa shape index (κ2) is 4.76. The van der Waals surface area contributed by atoms with Crippen molar-refractivity contribution in [2.24, 2.45) is 5.73 Å². The summed E-state index contributed by atoms with van der Waals surface area (Å²) in [5.41, 5.74) is 11.3. The van der Waals surface area contributed by atoms with Crippen LogP contribution in [0.1, 0.15) is 5.56 Å². The number of nitrogens with two attached hydrogens (primary N) is 1. The molecule has 0 aromatic heterocycles. The van der Waals surface area contributed by atoms with Crippen LogP contribution in [-0.2, 0) is 6.54 Å². The lowest BCUT2D eigenvalue weighted by atomic mass is 10.2. The average Bonchev–Trinajstić information content (AvgIpc) is 2.81. The van der Waals surface area contributed by atoms with Gasteiger partial charge in [-0.25, -0.2) is 0 Å². The van der Waals surface area contributed by atoms with Gasteiger partial charge in [0.2, 0.25) is 0 Å². The summed E-state index contributed by atoms with van der Waals surface area (Å²) in [6.07, 6.45) is 5.65. The van der Waals surface area contributed by atoms with Gasteiger partial charge in [0.15, 0.2) is 0 Å². The summed E-state index contributed by atoms with van der Waals surface area (Å²) < 4.78 is 0. The molecule has 0 aliphatic heterocycles. The SMILES string of the molecule is NC(NCc1ccccc1)C1=C=CC=C1. The molecule has 3 N–H and O–H groups in total. The first-order chi connectivity index (χ1) is 7.36. The molecule has 1 atom stereocenters. The van der Waals surface area contributed by atoms with E-state index in [9.17, 15) is 0 Å². The van der Waals surface area contributed by atoms with E-state index in [4.69, 9.17) is 5.73 Å². The van der Waals surface area contributed by atoms with Crippen LogP contribution in [-0.4, -0.2) is 6.17 Å². The van der Waals surface area contributed by atoms with Gasteiger partial charge in [0, 0.05) is 12.1 Å². The van der Waals surface area contributed by atoms with E-state index in [1.54, 1.807) is 0 Å². The number of benzene rings is 1. The molecule has 0 amide bonds. The molecule has 1 aliphatic rings. The molecule has 76 valence electrons. The zero-order valence-electron chi connectivity index (χ0n) is 8.48. The van der Waals surface area contributed by atoms with Crippen molar-refractivity contribution in [2.45, 2.75) is 12.7 Å². The van der Waals surface area contributed by atoms with Gasteiger partial charge in [-0.05, 0) is 17.7 Å². The third kappa shape index (κ3) is 2.67. The molecule has 1 aromatic rings. The fraction of sp³-hybridized carbons (Fsp3) is 0.154. The predicted molar refractivity (Wildman–Crippen MR) is 62.0 cm³/mol. The second-order valence-electron chi connectivity index (χ2n) is 3.47. The highest BCUT2D eigenvalue weighted by Gasteiger charge is 2.06. The van der Waals surface area contributed by atoms with Crippen molar-refractivity contribution in [1.29, 1.82) is 0 Å². The van der Waals surface area contributed by atoms with Crippen LogP contribution in [0.25, 0.3) is 0 Å². The Morgan fingerprint density at radius 2 is 2.07 bits per heavy atom. The molecule has 1 aliphatic carbocycles. The minimum atomic E-state index is -0.139. The van der Waals surface area contributed by atoms with Crippen molar-refractivity contribution in [3.05, 3.63) is 65.4 Å². The fourth-order valence-corrected chi connectivity index (χ4v) is 1.47. The normalized spacial score (nSPS) is 15.4. The summed E-state index contributed by atoms with van der Waals surface area (Å²) in [4.78, 5) is 0. The zero-order valence-corrected chi connectivity index (χ0v) is 8.48. The van der Waals surface area contributed by atoms with E-state index in [1.807, 2.05) is 36.4 Å². The van der Waals surface area contributed by atoms with E-state index in [1.165, 1.54) is 5.56 Å². The molecule has 15 heavy (non-hydrogen) atoms. The molecule has 2 nitrogen and oxygen atoms in total. The molecule has 0 fully saturated rings. The Bertz CT molecular complexity index is 411. The first kappa shape index (κ1) is 9.94. The molecule has 1 unspecified atom stereocenters. The maximum absolute atomic E-state index is 5.94. The van der Waals surface area contributed by atoms with Crippen LogP contribution in [0.3, 0.4) is 0 Å². The van der Waals surface area contributed by atoms with Gasteiger partial charge in [-0.1, -0.05) is 36.4 Å². The molecule has 1 aromatic carbocycles. The molecule has 2 heteroatoms. The van der Waals surface area contributed by atoms with E-state index in [2.05, 4.69) is 23.2 Å². The summed E-state index contributed by atoms with van der Waals surface area (Å²) in [6.45, 7) is 0.779. The van der Waals surface area contributed by atoms with E-state index < -0.39 is 0 Å². The van der Waals surface area contributed by atoms with Crippen molar-refractivity contribution in [1.82, 2.24) is 5.32 Å². The van der Waals surface area contributed by atoms with Crippen LogP contribution in [0.2, 0.25) is 0 Å². The summed E-state index contributed by atoms with van der Waals surface area (Å²) in [6, 6.07) is 10.2. The lowest BCUT2D eigenvalue weighted by molar-refractivity contribution is 0.597. The molecular formula is C13H14N2. The van der Waals surface area contributed by atoms with Crippen LogP contribution in [0.4, 0.5) is 0 Å². The van der Waals surface area contributed by atoms with E-state index in [0.29, 0.717) is 0 Å². The number of rotatable bonds is 4. The smallest absolute Gasteiger partial charge is 0.0886 e. The zero-order chi connectivity index (χ0) is 10.5.